The second-order valence-electron chi connectivity index (χ2n) is 5.79. The molecule has 0 atom stereocenters. The van der Waals surface area contributed by atoms with Crippen molar-refractivity contribution in [3.63, 3.8) is 0 Å². The van der Waals surface area contributed by atoms with Crippen LogP contribution >= 0.6 is 11.3 Å². The van der Waals surface area contributed by atoms with Crippen molar-refractivity contribution < 1.29 is 0 Å². The first-order valence-electron chi connectivity index (χ1n) is 8.01. The number of pyridine rings is 1. The number of aryl methyl sites for hydroxylation is 1. The molecule has 0 aliphatic heterocycles. The molecule has 4 aromatic rings. The molecule has 0 aliphatic rings. The zero-order valence-corrected chi connectivity index (χ0v) is 14.8. The van der Waals surface area contributed by atoms with Crippen LogP contribution in [0, 0.1) is 0 Å². The first kappa shape index (κ1) is 15.6. The van der Waals surface area contributed by atoms with Gasteiger partial charge in [0.05, 0.1) is 16.8 Å². The number of nitrogens with one attached hydrogen (secondary N) is 1. The van der Waals surface area contributed by atoms with Crippen LogP contribution in [0.1, 0.15) is 0 Å². The second kappa shape index (κ2) is 6.18. The topological polar surface area (TPSA) is 46.9 Å². The smallest absolute Gasteiger partial charge is 0.260 e. The van der Waals surface area contributed by atoms with Gasteiger partial charge >= 0.3 is 0 Å². The van der Waals surface area contributed by atoms with E-state index in [2.05, 4.69) is 16.4 Å². The molecule has 0 saturated heterocycles. The molecule has 0 unspecified atom stereocenters. The van der Waals surface area contributed by atoms with Gasteiger partial charge in [-0.3, -0.25) is 4.79 Å². The highest BCUT2D eigenvalue weighted by Crippen LogP contribution is 2.36. The summed E-state index contributed by atoms with van der Waals surface area (Å²) in [5.74, 6) is 0. The van der Waals surface area contributed by atoms with Gasteiger partial charge in [-0.15, -0.1) is 11.3 Å². The highest BCUT2D eigenvalue weighted by atomic mass is 32.1. The fourth-order valence-electron chi connectivity index (χ4n) is 3.14. The van der Waals surface area contributed by atoms with Crippen molar-refractivity contribution in [3.05, 3.63) is 70.3 Å². The van der Waals surface area contributed by atoms with Gasteiger partial charge < -0.3 is 9.88 Å². The maximum Gasteiger partial charge on any atom is 0.260 e. The Morgan fingerprint density at radius 1 is 1.00 bits per heavy atom. The van der Waals surface area contributed by atoms with E-state index in [9.17, 15) is 4.79 Å². The minimum atomic E-state index is -0.0366. The predicted molar refractivity (Wildman–Crippen MR) is 105 cm³/mol. The molecular formula is C20H17N3OS. The number of hydrogen-bond donors (Lipinski definition) is 1. The van der Waals surface area contributed by atoms with Crippen LogP contribution in [0.3, 0.4) is 0 Å². The van der Waals surface area contributed by atoms with Crippen LogP contribution in [-0.4, -0.2) is 16.6 Å². The first-order valence-corrected chi connectivity index (χ1v) is 8.89. The van der Waals surface area contributed by atoms with E-state index in [0.717, 1.165) is 27.2 Å². The lowest BCUT2D eigenvalue weighted by atomic mass is 9.94. The Kier molecular flexibility index (Phi) is 3.86. The minimum absolute atomic E-state index is 0.0366. The van der Waals surface area contributed by atoms with Gasteiger partial charge in [-0.05, 0) is 11.6 Å². The summed E-state index contributed by atoms with van der Waals surface area (Å²) in [5.41, 5.74) is 4.19. The van der Waals surface area contributed by atoms with Crippen LogP contribution in [0.4, 0.5) is 5.13 Å². The van der Waals surface area contributed by atoms with Gasteiger partial charge in [0, 0.05) is 30.4 Å². The molecule has 0 fully saturated rings. The van der Waals surface area contributed by atoms with E-state index >= 15 is 0 Å². The minimum Gasteiger partial charge on any atom is -0.365 e. The molecule has 0 bridgehead atoms. The lowest BCUT2D eigenvalue weighted by Gasteiger charge is -2.15. The summed E-state index contributed by atoms with van der Waals surface area (Å²) in [6.45, 7) is 0. The highest BCUT2D eigenvalue weighted by Gasteiger charge is 2.20. The largest absolute Gasteiger partial charge is 0.365 e. The summed E-state index contributed by atoms with van der Waals surface area (Å²) in [4.78, 5) is 17.8. The fourth-order valence-corrected chi connectivity index (χ4v) is 3.80. The standard InChI is InChI=1S/C20H17N3OS/c1-21-20-22-15(12-25-20)18-17(13-8-4-3-5-9-13)14-10-6-7-11-16(14)23(2)19(18)24/h3-12H,1-2H3,(H,21,22). The number of nitrogens with zero attached hydrogens (tertiary/aromatic N) is 2. The molecular weight excluding hydrogens is 330 g/mol. The quantitative estimate of drug-likeness (QED) is 0.598. The van der Waals surface area contributed by atoms with E-state index < -0.39 is 0 Å². The Hall–Kier alpha value is -2.92. The average molecular weight is 347 g/mol. The molecule has 0 amide bonds. The number of anilines is 1. The van der Waals surface area contributed by atoms with Gasteiger partial charge in [-0.2, -0.15) is 0 Å². The van der Waals surface area contributed by atoms with Crippen LogP contribution in [0.25, 0.3) is 33.3 Å². The molecule has 0 aliphatic carbocycles. The SMILES string of the molecule is CNc1nc(-c2c(-c3ccccc3)c3ccccc3n(C)c2=O)cs1. The summed E-state index contributed by atoms with van der Waals surface area (Å²) >= 11 is 1.50. The molecule has 2 heterocycles. The Labute approximate surface area is 149 Å². The molecule has 4 rings (SSSR count). The molecule has 0 spiro atoms. The van der Waals surface area contributed by atoms with Crippen molar-refractivity contribution in [2.24, 2.45) is 7.05 Å². The number of fused-ring (bicyclic) bond motifs is 1. The third kappa shape index (κ3) is 2.53. The van der Waals surface area contributed by atoms with Gasteiger partial charge in [0.25, 0.3) is 5.56 Å². The highest BCUT2D eigenvalue weighted by molar-refractivity contribution is 7.14. The van der Waals surface area contributed by atoms with Gasteiger partial charge in [0.2, 0.25) is 0 Å². The van der Waals surface area contributed by atoms with E-state index in [-0.39, 0.29) is 5.56 Å². The van der Waals surface area contributed by atoms with Crippen LogP contribution < -0.4 is 10.9 Å². The van der Waals surface area contributed by atoms with E-state index in [0.29, 0.717) is 11.3 Å². The van der Waals surface area contributed by atoms with E-state index in [4.69, 9.17) is 0 Å². The van der Waals surface area contributed by atoms with Gasteiger partial charge in [-0.1, -0.05) is 48.5 Å². The monoisotopic (exact) mass is 347 g/mol. The first-order chi connectivity index (χ1) is 12.2. The summed E-state index contributed by atoms with van der Waals surface area (Å²) in [7, 11) is 3.65. The fraction of sp³-hybridized carbons (Fsp3) is 0.100. The molecule has 1 N–H and O–H groups in total. The molecule has 5 heteroatoms. The summed E-state index contributed by atoms with van der Waals surface area (Å²) in [5, 5.41) is 6.82. The number of benzene rings is 2. The summed E-state index contributed by atoms with van der Waals surface area (Å²) in [6.07, 6.45) is 0. The third-order valence-corrected chi connectivity index (χ3v) is 5.20. The molecule has 0 saturated carbocycles. The molecule has 124 valence electrons. The normalized spacial score (nSPS) is 11.0. The van der Waals surface area contributed by atoms with Crippen molar-refractivity contribution >= 4 is 27.4 Å². The Morgan fingerprint density at radius 3 is 2.44 bits per heavy atom. The van der Waals surface area contributed by atoms with E-state index in [1.807, 2.05) is 68.0 Å². The van der Waals surface area contributed by atoms with Crippen LogP contribution in [0.15, 0.2) is 64.8 Å². The van der Waals surface area contributed by atoms with Crippen molar-refractivity contribution in [3.8, 4) is 22.4 Å². The average Bonchev–Trinajstić information content (AvgIpc) is 3.14. The number of rotatable bonds is 3. The molecule has 25 heavy (non-hydrogen) atoms. The summed E-state index contributed by atoms with van der Waals surface area (Å²) < 4.78 is 1.70. The van der Waals surface area contributed by atoms with Gasteiger partial charge in [-0.25, -0.2) is 4.98 Å². The zero-order chi connectivity index (χ0) is 17.4. The molecule has 4 nitrogen and oxygen atoms in total. The van der Waals surface area contributed by atoms with Crippen molar-refractivity contribution in [2.75, 3.05) is 12.4 Å². The number of para-hydroxylation sites is 1. The van der Waals surface area contributed by atoms with Crippen molar-refractivity contribution in [1.29, 1.82) is 0 Å². The summed E-state index contributed by atoms with van der Waals surface area (Å²) in [6, 6.07) is 18.0. The predicted octanol–water partition coefficient (Wildman–Crippen LogP) is 4.37. The maximum atomic E-state index is 13.2. The maximum absolute atomic E-state index is 13.2. The van der Waals surface area contributed by atoms with Crippen molar-refractivity contribution in [1.82, 2.24) is 9.55 Å². The molecule has 2 aromatic heterocycles. The van der Waals surface area contributed by atoms with E-state index in [1.54, 1.807) is 4.57 Å². The van der Waals surface area contributed by atoms with Crippen molar-refractivity contribution in [2.45, 2.75) is 0 Å². The molecule has 0 radical (unpaired) electrons. The van der Waals surface area contributed by atoms with E-state index in [1.165, 1.54) is 11.3 Å². The number of thiazole rings is 1. The van der Waals surface area contributed by atoms with Crippen LogP contribution in [-0.2, 0) is 7.05 Å². The van der Waals surface area contributed by atoms with Gasteiger partial charge in [0.15, 0.2) is 5.13 Å². The Morgan fingerprint density at radius 2 is 1.72 bits per heavy atom. The Bertz CT molecular complexity index is 1110. The van der Waals surface area contributed by atoms with Crippen LogP contribution in [0.2, 0.25) is 0 Å². The zero-order valence-electron chi connectivity index (χ0n) is 14.0. The lowest BCUT2D eigenvalue weighted by Crippen LogP contribution is -2.20. The Balaban J connectivity index is 2.17. The second-order valence-corrected chi connectivity index (χ2v) is 6.64. The van der Waals surface area contributed by atoms with Gasteiger partial charge in [0.1, 0.15) is 0 Å². The van der Waals surface area contributed by atoms with Crippen LogP contribution in [0.5, 0.6) is 0 Å². The lowest BCUT2D eigenvalue weighted by molar-refractivity contribution is 0.908. The third-order valence-electron chi connectivity index (χ3n) is 4.34. The number of hydrogen-bond acceptors (Lipinski definition) is 4. The molecule has 2 aromatic carbocycles. The number of aromatic nitrogens is 2.